The predicted molar refractivity (Wildman–Crippen MR) is 72.0 cm³/mol. The fraction of sp³-hybridized carbons (Fsp3) is 0.462. The molecule has 1 aromatic carbocycles. The minimum Gasteiger partial charge on any atom is -0.495 e. The van der Waals surface area contributed by atoms with Gasteiger partial charge in [0.2, 0.25) is 5.91 Å². The number of nitrogens with two attached hydrogens (primary N) is 1. The normalized spacial score (nSPS) is 14.2. The molecule has 1 aliphatic heterocycles. The molecule has 2 N–H and O–H groups in total. The molecule has 0 radical (unpaired) electrons. The molecule has 18 heavy (non-hydrogen) atoms. The highest BCUT2D eigenvalue weighted by atomic mass is 16.5. The average molecular weight is 249 g/mol. The number of anilines is 2. The first-order chi connectivity index (χ1) is 8.52. The van der Waals surface area contributed by atoms with Crippen LogP contribution in [0, 0.1) is 0 Å². The summed E-state index contributed by atoms with van der Waals surface area (Å²) in [6.07, 6.45) is 0.430. The molecule has 1 amide bonds. The number of fused-ring (bicyclic) bond motifs is 1. The zero-order chi connectivity index (χ0) is 13.3. The van der Waals surface area contributed by atoms with Crippen molar-refractivity contribution in [1.29, 1.82) is 0 Å². The highest BCUT2D eigenvalue weighted by molar-refractivity contribution is 6.02. The van der Waals surface area contributed by atoms with Gasteiger partial charge in [-0.3, -0.25) is 4.79 Å². The van der Waals surface area contributed by atoms with Gasteiger partial charge in [-0.25, -0.2) is 0 Å². The van der Waals surface area contributed by atoms with Crippen LogP contribution in [0.2, 0.25) is 0 Å². The van der Waals surface area contributed by atoms with Gasteiger partial charge in [0.25, 0.3) is 0 Å². The quantitative estimate of drug-likeness (QED) is 0.799. The van der Waals surface area contributed by atoms with E-state index in [-0.39, 0.29) is 5.91 Å². The van der Waals surface area contributed by atoms with Crippen LogP contribution >= 0.6 is 0 Å². The SMILES string of the molecule is COc1cc2c(cc1N)N(CCN(C)C)C(=O)C2. The molecule has 0 saturated carbocycles. The lowest BCUT2D eigenvalue weighted by Gasteiger charge is -2.20. The molecule has 98 valence electrons. The van der Waals surface area contributed by atoms with Crippen molar-refractivity contribution >= 4 is 17.3 Å². The van der Waals surface area contributed by atoms with Crippen LogP contribution in [-0.2, 0) is 11.2 Å². The zero-order valence-corrected chi connectivity index (χ0v) is 11.1. The molecule has 0 atom stereocenters. The third kappa shape index (κ3) is 2.26. The summed E-state index contributed by atoms with van der Waals surface area (Å²) in [6, 6.07) is 3.69. The number of benzene rings is 1. The van der Waals surface area contributed by atoms with Gasteiger partial charge in [-0.15, -0.1) is 0 Å². The van der Waals surface area contributed by atoms with E-state index in [4.69, 9.17) is 10.5 Å². The predicted octanol–water partition coefficient (Wildman–Crippen LogP) is 0.728. The summed E-state index contributed by atoms with van der Waals surface area (Å²) < 4.78 is 5.18. The van der Waals surface area contributed by atoms with Gasteiger partial charge in [-0.1, -0.05) is 0 Å². The Morgan fingerprint density at radius 3 is 2.78 bits per heavy atom. The van der Waals surface area contributed by atoms with Crippen molar-refractivity contribution in [3.05, 3.63) is 17.7 Å². The number of carbonyl (C=O) groups is 1. The fourth-order valence-electron chi connectivity index (χ4n) is 2.13. The van der Waals surface area contributed by atoms with Crippen molar-refractivity contribution in [2.45, 2.75) is 6.42 Å². The Morgan fingerprint density at radius 1 is 1.44 bits per heavy atom. The molecule has 1 aromatic rings. The summed E-state index contributed by atoms with van der Waals surface area (Å²) in [5, 5.41) is 0. The number of hydrogen-bond donors (Lipinski definition) is 1. The Balaban J connectivity index is 2.28. The highest BCUT2D eigenvalue weighted by Gasteiger charge is 2.28. The van der Waals surface area contributed by atoms with Gasteiger partial charge in [-0.05, 0) is 31.8 Å². The summed E-state index contributed by atoms with van der Waals surface area (Å²) in [4.78, 5) is 15.8. The molecular weight excluding hydrogens is 230 g/mol. The first-order valence-electron chi connectivity index (χ1n) is 5.94. The molecule has 1 aliphatic rings. The first-order valence-corrected chi connectivity index (χ1v) is 5.94. The van der Waals surface area contributed by atoms with Crippen LogP contribution in [0.4, 0.5) is 11.4 Å². The third-order valence-electron chi connectivity index (χ3n) is 3.14. The largest absolute Gasteiger partial charge is 0.495 e. The number of rotatable bonds is 4. The molecule has 0 bridgehead atoms. The standard InChI is InChI=1S/C13H19N3O2/c1-15(2)4-5-16-11-8-10(14)12(18-3)6-9(11)7-13(16)17/h6,8H,4-5,7,14H2,1-3H3. The Kier molecular flexibility index (Phi) is 3.43. The fourth-order valence-corrected chi connectivity index (χ4v) is 2.13. The van der Waals surface area contributed by atoms with Gasteiger partial charge in [0.05, 0.1) is 19.2 Å². The van der Waals surface area contributed by atoms with E-state index in [0.717, 1.165) is 17.8 Å². The van der Waals surface area contributed by atoms with E-state index >= 15 is 0 Å². The van der Waals surface area contributed by atoms with Crippen LogP contribution in [-0.4, -0.2) is 45.1 Å². The number of nitrogens with zero attached hydrogens (tertiary/aromatic N) is 2. The average Bonchev–Trinajstić information content (AvgIpc) is 2.60. The number of amides is 1. The van der Waals surface area contributed by atoms with Crippen LogP contribution in [0.3, 0.4) is 0 Å². The van der Waals surface area contributed by atoms with Gasteiger partial charge in [0, 0.05) is 18.8 Å². The van der Waals surface area contributed by atoms with E-state index < -0.39 is 0 Å². The molecule has 1 heterocycles. The lowest BCUT2D eigenvalue weighted by Crippen LogP contribution is -2.33. The molecule has 0 spiro atoms. The molecule has 2 rings (SSSR count). The Hall–Kier alpha value is -1.75. The number of methoxy groups -OCH3 is 1. The summed E-state index contributed by atoms with van der Waals surface area (Å²) in [6.45, 7) is 1.52. The molecule has 0 fully saturated rings. The van der Waals surface area contributed by atoms with Crippen LogP contribution in [0.15, 0.2) is 12.1 Å². The van der Waals surface area contributed by atoms with E-state index in [1.54, 1.807) is 12.0 Å². The van der Waals surface area contributed by atoms with Crippen molar-refractivity contribution < 1.29 is 9.53 Å². The lowest BCUT2D eigenvalue weighted by atomic mass is 10.1. The topological polar surface area (TPSA) is 58.8 Å². The van der Waals surface area contributed by atoms with E-state index in [2.05, 4.69) is 4.90 Å². The number of nitrogen functional groups attached to an aromatic ring is 1. The summed E-state index contributed by atoms with van der Waals surface area (Å²) in [5.41, 5.74) is 8.37. The van der Waals surface area contributed by atoms with Gasteiger partial charge in [0.1, 0.15) is 5.75 Å². The number of likely N-dealkylation sites (N-methyl/N-ethyl adjacent to an activating group) is 1. The Morgan fingerprint density at radius 2 is 2.17 bits per heavy atom. The third-order valence-corrected chi connectivity index (χ3v) is 3.14. The molecular formula is C13H19N3O2. The summed E-state index contributed by atoms with van der Waals surface area (Å²) in [7, 11) is 5.56. The van der Waals surface area contributed by atoms with Gasteiger partial charge in [-0.2, -0.15) is 0 Å². The molecule has 5 nitrogen and oxygen atoms in total. The lowest BCUT2D eigenvalue weighted by molar-refractivity contribution is -0.117. The molecule has 0 aliphatic carbocycles. The molecule has 0 unspecified atom stereocenters. The second kappa shape index (κ2) is 4.86. The maximum atomic E-state index is 12.0. The Labute approximate surface area is 107 Å². The highest BCUT2D eigenvalue weighted by Crippen LogP contribution is 2.36. The van der Waals surface area contributed by atoms with Crippen molar-refractivity contribution in [3.8, 4) is 5.75 Å². The molecule has 0 aromatic heterocycles. The summed E-state index contributed by atoms with van der Waals surface area (Å²) >= 11 is 0. The van der Waals surface area contributed by atoms with Crippen LogP contribution in [0.25, 0.3) is 0 Å². The molecule has 0 saturated heterocycles. The van der Waals surface area contributed by atoms with Crippen molar-refractivity contribution in [2.75, 3.05) is 44.9 Å². The van der Waals surface area contributed by atoms with Gasteiger partial charge in [0.15, 0.2) is 0 Å². The summed E-state index contributed by atoms with van der Waals surface area (Å²) in [5.74, 6) is 0.760. The number of ether oxygens (including phenoxy) is 1. The van der Waals surface area contributed by atoms with Crippen molar-refractivity contribution in [1.82, 2.24) is 4.90 Å². The zero-order valence-electron chi connectivity index (χ0n) is 11.1. The van der Waals surface area contributed by atoms with Crippen molar-refractivity contribution in [2.24, 2.45) is 0 Å². The van der Waals surface area contributed by atoms with Gasteiger partial charge >= 0.3 is 0 Å². The van der Waals surface area contributed by atoms with Crippen LogP contribution in [0.5, 0.6) is 5.75 Å². The number of hydrogen-bond acceptors (Lipinski definition) is 4. The van der Waals surface area contributed by atoms with Crippen LogP contribution in [0.1, 0.15) is 5.56 Å². The van der Waals surface area contributed by atoms with E-state index in [1.165, 1.54) is 0 Å². The smallest absolute Gasteiger partial charge is 0.231 e. The van der Waals surface area contributed by atoms with E-state index in [0.29, 0.717) is 24.4 Å². The number of carbonyl (C=O) groups excluding carboxylic acids is 1. The van der Waals surface area contributed by atoms with Crippen LogP contribution < -0.4 is 15.4 Å². The van der Waals surface area contributed by atoms with Gasteiger partial charge < -0.3 is 20.3 Å². The van der Waals surface area contributed by atoms with E-state index in [1.807, 2.05) is 26.2 Å². The molecule has 5 heteroatoms. The van der Waals surface area contributed by atoms with Crippen molar-refractivity contribution in [3.63, 3.8) is 0 Å². The minimum atomic E-state index is 0.125. The Bertz CT molecular complexity index is 472. The first kappa shape index (κ1) is 12.7. The second-order valence-electron chi connectivity index (χ2n) is 4.75. The second-order valence-corrected chi connectivity index (χ2v) is 4.75. The minimum absolute atomic E-state index is 0.125. The maximum Gasteiger partial charge on any atom is 0.231 e. The monoisotopic (exact) mass is 249 g/mol. The van der Waals surface area contributed by atoms with E-state index in [9.17, 15) is 4.79 Å². The maximum absolute atomic E-state index is 12.0.